The van der Waals surface area contributed by atoms with E-state index in [-0.39, 0.29) is 24.2 Å². The van der Waals surface area contributed by atoms with E-state index in [9.17, 15) is 4.79 Å². The average Bonchev–Trinajstić information content (AvgIpc) is 3.10. The van der Waals surface area contributed by atoms with Crippen LogP contribution in [0.2, 0.25) is 0 Å². The van der Waals surface area contributed by atoms with Gasteiger partial charge in [-0.05, 0) is 25.0 Å². The number of para-hydroxylation sites is 1. The molecule has 0 aliphatic carbocycles. The van der Waals surface area contributed by atoms with E-state index >= 15 is 0 Å². The number of nitrogens with one attached hydrogen (secondary N) is 1. The predicted octanol–water partition coefficient (Wildman–Crippen LogP) is 1.79. The number of hydrogen-bond donors (Lipinski definition) is 1. The van der Waals surface area contributed by atoms with Gasteiger partial charge in [-0.25, -0.2) is 0 Å². The minimum Gasteiger partial charge on any atom is -0.483 e. The summed E-state index contributed by atoms with van der Waals surface area (Å²) in [6.07, 6.45) is 3.50. The van der Waals surface area contributed by atoms with Crippen molar-refractivity contribution in [2.75, 3.05) is 19.8 Å². The zero-order valence-corrected chi connectivity index (χ0v) is 12.6. The molecular weight excluding hydrogens is 294 g/mol. The lowest BCUT2D eigenvalue weighted by Crippen LogP contribution is -2.35. The van der Waals surface area contributed by atoms with Crippen molar-refractivity contribution in [2.24, 2.45) is 0 Å². The first-order chi connectivity index (χ1) is 11.2. The van der Waals surface area contributed by atoms with Crippen LogP contribution in [0, 0.1) is 22.7 Å². The van der Waals surface area contributed by atoms with Crippen LogP contribution in [0.3, 0.4) is 0 Å². The number of nitrogens with zero attached hydrogens (tertiary/aromatic N) is 2. The van der Waals surface area contributed by atoms with Crippen LogP contribution in [-0.2, 0) is 9.53 Å². The molecule has 23 heavy (non-hydrogen) atoms. The second-order valence-electron chi connectivity index (χ2n) is 5.05. The highest BCUT2D eigenvalue weighted by atomic mass is 16.5. The Hall–Kier alpha value is -2.83. The van der Waals surface area contributed by atoms with Crippen molar-refractivity contribution in [3.05, 3.63) is 35.4 Å². The van der Waals surface area contributed by atoms with E-state index in [0.29, 0.717) is 17.9 Å². The number of rotatable bonds is 6. The molecule has 6 nitrogen and oxygen atoms in total. The molecule has 0 spiro atoms. The van der Waals surface area contributed by atoms with E-state index in [1.807, 2.05) is 0 Å². The highest BCUT2D eigenvalue weighted by Gasteiger charge is 2.16. The molecule has 1 amide bonds. The van der Waals surface area contributed by atoms with Crippen LogP contribution in [0.5, 0.6) is 5.75 Å². The summed E-state index contributed by atoms with van der Waals surface area (Å²) < 4.78 is 10.9. The van der Waals surface area contributed by atoms with Crippen LogP contribution >= 0.6 is 0 Å². The minimum absolute atomic E-state index is 0.0242. The lowest BCUT2D eigenvalue weighted by molar-refractivity contribution is -0.123. The molecule has 1 fully saturated rings. The third-order valence-electron chi connectivity index (χ3n) is 3.37. The van der Waals surface area contributed by atoms with Crippen molar-refractivity contribution in [3.8, 4) is 17.9 Å². The van der Waals surface area contributed by atoms with Crippen LogP contribution in [-0.4, -0.2) is 31.8 Å². The first-order valence-electron chi connectivity index (χ1n) is 7.35. The summed E-state index contributed by atoms with van der Waals surface area (Å²) in [4.78, 5) is 11.8. The number of hydrogen-bond acceptors (Lipinski definition) is 5. The maximum atomic E-state index is 11.8. The van der Waals surface area contributed by atoms with Crippen LogP contribution in [0.1, 0.15) is 18.4 Å². The Morgan fingerprint density at radius 1 is 1.39 bits per heavy atom. The number of ether oxygens (including phenoxy) is 2. The smallest absolute Gasteiger partial charge is 0.258 e. The number of nitriles is 2. The van der Waals surface area contributed by atoms with Gasteiger partial charge in [0.15, 0.2) is 6.61 Å². The van der Waals surface area contributed by atoms with Gasteiger partial charge in [-0.2, -0.15) is 10.5 Å². The summed E-state index contributed by atoms with van der Waals surface area (Å²) in [5, 5.41) is 20.4. The molecule has 1 aliphatic rings. The molecule has 2 rings (SSSR count). The molecule has 1 aliphatic heterocycles. The lowest BCUT2D eigenvalue weighted by atomic mass is 10.1. The van der Waals surface area contributed by atoms with Gasteiger partial charge in [-0.3, -0.25) is 4.79 Å². The van der Waals surface area contributed by atoms with Crippen LogP contribution in [0.4, 0.5) is 0 Å². The number of carbonyl (C=O) groups excluding carboxylic acids is 1. The van der Waals surface area contributed by atoms with Crippen LogP contribution < -0.4 is 10.1 Å². The van der Waals surface area contributed by atoms with Crippen molar-refractivity contribution >= 4 is 12.0 Å². The van der Waals surface area contributed by atoms with Crippen molar-refractivity contribution in [1.29, 1.82) is 10.5 Å². The second-order valence-corrected chi connectivity index (χ2v) is 5.05. The SMILES string of the molecule is N#CC(C#N)=Cc1ccccc1OCC(=O)NCC1CCCO1. The fourth-order valence-corrected chi connectivity index (χ4v) is 2.20. The molecular formula is C17H17N3O3. The summed E-state index contributed by atoms with van der Waals surface area (Å²) in [5.74, 6) is 0.211. The van der Waals surface area contributed by atoms with E-state index in [1.165, 1.54) is 6.08 Å². The zero-order chi connectivity index (χ0) is 16.5. The Kier molecular flexibility index (Phi) is 6.17. The number of carbonyl (C=O) groups is 1. The van der Waals surface area contributed by atoms with Gasteiger partial charge in [0.25, 0.3) is 5.91 Å². The van der Waals surface area contributed by atoms with Gasteiger partial charge in [0, 0.05) is 18.7 Å². The summed E-state index contributed by atoms with van der Waals surface area (Å²) in [6.45, 7) is 1.10. The number of allylic oxidation sites excluding steroid dienone is 1. The summed E-state index contributed by atoms with van der Waals surface area (Å²) in [6, 6.07) is 10.5. The Balaban J connectivity index is 1.90. The van der Waals surface area contributed by atoms with Crippen molar-refractivity contribution in [3.63, 3.8) is 0 Å². The second kappa shape index (κ2) is 8.57. The van der Waals surface area contributed by atoms with Crippen molar-refractivity contribution in [1.82, 2.24) is 5.32 Å². The van der Waals surface area contributed by atoms with Gasteiger partial charge >= 0.3 is 0 Å². The normalized spacial score (nSPS) is 16.0. The molecule has 0 aromatic heterocycles. The van der Waals surface area contributed by atoms with Gasteiger partial charge in [-0.1, -0.05) is 18.2 Å². The molecule has 1 aromatic rings. The van der Waals surface area contributed by atoms with E-state index in [4.69, 9.17) is 20.0 Å². The molecule has 0 radical (unpaired) electrons. The molecule has 1 atom stereocenters. The van der Waals surface area contributed by atoms with Gasteiger partial charge in [0.05, 0.1) is 6.10 Å². The lowest BCUT2D eigenvalue weighted by Gasteiger charge is -2.12. The van der Waals surface area contributed by atoms with Crippen LogP contribution in [0.25, 0.3) is 6.08 Å². The van der Waals surface area contributed by atoms with E-state index in [1.54, 1.807) is 36.4 Å². The molecule has 118 valence electrons. The number of amides is 1. The predicted molar refractivity (Wildman–Crippen MR) is 83.1 cm³/mol. The molecule has 1 heterocycles. The quantitative estimate of drug-likeness (QED) is 0.808. The Morgan fingerprint density at radius 2 is 2.17 bits per heavy atom. The monoisotopic (exact) mass is 311 g/mol. The van der Waals surface area contributed by atoms with E-state index < -0.39 is 0 Å². The fraction of sp³-hybridized carbons (Fsp3) is 0.353. The van der Waals surface area contributed by atoms with Crippen molar-refractivity contribution in [2.45, 2.75) is 18.9 Å². The summed E-state index contributed by atoms with van der Waals surface area (Å²) >= 11 is 0. The topological polar surface area (TPSA) is 95.1 Å². The molecule has 1 unspecified atom stereocenters. The van der Waals surface area contributed by atoms with Gasteiger partial charge in [0.1, 0.15) is 23.5 Å². The molecule has 1 aromatic carbocycles. The first kappa shape index (κ1) is 16.5. The average molecular weight is 311 g/mol. The van der Waals surface area contributed by atoms with Gasteiger partial charge < -0.3 is 14.8 Å². The largest absolute Gasteiger partial charge is 0.483 e. The Morgan fingerprint density at radius 3 is 2.87 bits per heavy atom. The maximum Gasteiger partial charge on any atom is 0.258 e. The summed E-state index contributed by atoms with van der Waals surface area (Å²) in [7, 11) is 0. The first-order valence-corrected chi connectivity index (χ1v) is 7.35. The van der Waals surface area contributed by atoms with E-state index in [0.717, 1.165) is 19.4 Å². The van der Waals surface area contributed by atoms with Crippen LogP contribution in [0.15, 0.2) is 29.8 Å². The van der Waals surface area contributed by atoms with Crippen molar-refractivity contribution < 1.29 is 14.3 Å². The fourth-order valence-electron chi connectivity index (χ4n) is 2.20. The standard InChI is InChI=1S/C17H17N3O3/c18-9-13(10-19)8-14-4-1-2-6-16(14)23-12-17(21)20-11-15-5-3-7-22-15/h1-2,4,6,8,15H,3,5,7,11-12H2,(H,20,21). The Bertz CT molecular complexity index is 648. The molecule has 0 saturated carbocycles. The highest BCUT2D eigenvalue weighted by molar-refractivity contribution is 5.77. The molecule has 1 N–H and O–H groups in total. The number of benzene rings is 1. The maximum absolute atomic E-state index is 11.8. The highest BCUT2D eigenvalue weighted by Crippen LogP contribution is 2.20. The zero-order valence-electron chi connectivity index (χ0n) is 12.6. The molecule has 6 heteroatoms. The third kappa shape index (κ3) is 5.14. The van der Waals surface area contributed by atoms with E-state index in [2.05, 4.69) is 5.32 Å². The minimum atomic E-state index is -0.236. The Labute approximate surface area is 134 Å². The third-order valence-corrected chi connectivity index (χ3v) is 3.37. The van der Waals surface area contributed by atoms with Gasteiger partial charge in [-0.15, -0.1) is 0 Å². The molecule has 0 bridgehead atoms. The molecule has 1 saturated heterocycles. The van der Waals surface area contributed by atoms with Gasteiger partial charge in [0.2, 0.25) is 0 Å². The summed E-state index contributed by atoms with van der Waals surface area (Å²) in [5.41, 5.74) is 0.557.